The number of nitrogens with zero attached hydrogens (tertiary/aromatic N) is 2. The van der Waals surface area contributed by atoms with E-state index >= 15 is 0 Å². The number of methoxy groups -OCH3 is 1. The van der Waals surface area contributed by atoms with Gasteiger partial charge >= 0.3 is 6.01 Å². The Morgan fingerprint density at radius 1 is 1.39 bits per heavy atom. The molecule has 1 heterocycles. The Morgan fingerprint density at radius 3 is 2.72 bits per heavy atom. The first-order chi connectivity index (χ1) is 8.60. The first kappa shape index (κ1) is 12.7. The van der Waals surface area contributed by atoms with Crippen LogP contribution in [0.5, 0.6) is 5.75 Å². The molecular formula is C12H14ClN3O2. The number of rotatable bonds is 4. The van der Waals surface area contributed by atoms with Crippen LogP contribution in [0.3, 0.4) is 0 Å². The molecule has 6 heteroatoms. The molecule has 0 spiro atoms. The Kier molecular flexibility index (Phi) is 3.72. The van der Waals surface area contributed by atoms with Crippen molar-refractivity contribution < 1.29 is 9.15 Å². The van der Waals surface area contributed by atoms with Crippen LogP contribution in [0.2, 0.25) is 0 Å². The molecule has 5 nitrogen and oxygen atoms in total. The van der Waals surface area contributed by atoms with Gasteiger partial charge in [-0.2, -0.15) is 0 Å². The van der Waals surface area contributed by atoms with E-state index in [-0.39, 0.29) is 5.38 Å². The highest BCUT2D eigenvalue weighted by molar-refractivity contribution is 6.20. The smallest absolute Gasteiger partial charge is 0.320 e. The number of hydrogen-bond acceptors (Lipinski definition) is 5. The van der Waals surface area contributed by atoms with Crippen molar-refractivity contribution in [3.05, 3.63) is 29.7 Å². The zero-order valence-corrected chi connectivity index (χ0v) is 11.2. The van der Waals surface area contributed by atoms with Crippen molar-refractivity contribution in [1.82, 2.24) is 10.2 Å². The fourth-order valence-electron chi connectivity index (χ4n) is 1.53. The van der Waals surface area contributed by atoms with Crippen LogP contribution in [-0.4, -0.2) is 17.3 Å². The predicted octanol–water partition coefficient (Wildman–Crippen LogP) is 3.43. The second kappa shape index (κ2) is 5.27. The number of aryl methyl sites for hydroxylation is 1. The average molecular weight is 268 g/mol. The SMILES string of the molecule is COc1ccc(Nc2nnc(C(C)Cl)o2)cc1C. The van der Waals surface area contributed by atoms with Gasteiger partial charge in [0, 0.05) is 5.69 Å². The fourth-order valence-corrected chi connectivity index (χ4v) is 1.61. The van der Waals surface area contributed by atoms with E-state index in [0.29, 0.717) is 11.9 Å². The molecule has 0 bridgehead atoms. The highest BCUT2D eigenvalue weighted by Crippen LogP contribution is 2.25. The molecule has 96 valence electrons. The Balaban J connectivity index is 2.15. The second-order valence-electron chi connectivity index (χ2n) is 3.87. The van der Waals surface area contributed by atoms with E-state index < -0.39 is 0 Å². The number of aromatic nitrogens is 2. The summed E-state index contributed by atoms with van der Waals surface area (Å²) in [5, 5.41) is 10.4. The van der Waals surface area contributed by atoms with E-state index in [9.17, 15) is 0 Å². The molecule has 2 aromatic rings. The quantitative estimate of drug-likeness (QED) is 0.860. The Hall–Kier alpha value is -1.75. The van der Waals surface area contributed by atoms with Crippen LogP contribution in [0.4, 0.5) is 11.7 Å². The molecule has 0 amide bonds. The van der Waals surface area contributed by atoms with Crippen molar-refractivity contribution in [2.75, 3.05) is 12.4 Å². The molecule has 2 rings (SSSR count). The van der Waals surface area contributed by atoms with Crippen molar-refractivity contribution in [1.29, 1.82) is 0 Å². The molecule has 1 atom stereocenters. The number of benzene rings is 1. The molecule has 1 aromatic carbocycles. The fraction of sp³-hybridized carbons (Fsp3) is 0.333. The molecule has 0 aliphatic carbocycles. The lowest BCUT2D eigenvalue weighted by molar-refractivity contribution is 0.412. The van der Waals surface area contributed by atoms with Gasteiger partial charge < -0.3 is 14.5 Å². The van der Waals surface area contributed by atoms with Crippen molar-refractivity contribution in [3.8, 4) is 5.75 Å². The van der Waals surface area contributed by atoms with Crippen LogP contribution in [0.1, 0.15) is 23.8 Å². The number of anilines is 2. The molecule has 1 N–H and O–H groups in total. The van der Waals surface area contributed by atoms with Crippen LogP contribution < -0.4 is 10.1 Å². The van der Waals surface area contributed by atoms with Gasteiger partial charge in [0.15, 0.2) is 0 Å². The van der Waals surface area contributed by atoms with Crippen LogP contribution in [0.25, 0.3) is 0 Å². The first-order valence-electron chi connectivity index (χ1n) is 5.49. The van der Waals surface area contributed by atoms with Crippen molar-refractivity contribution in [2.24, 2.45) is 0 Å². The summed E-state index contributed by atoms with van der Waals surface area (Å²) < 4.78 is 10.5. The lowest BCUT2D eigenvalue weighted by atomic mass is 10.2. The van der Waals surface area contributed by atoms with Gasteiger partial charge in [-0.25, -0.2) is 0 Å². The summed E-state index contributed by atoms with van der Waals surface area (Å²) in [7, 11) is 1.64. The van der Waals surface area contributed by atoms with Crippen LogP contribution >= 0.6 is 11.6 Å². The maximum absolute atomic E-state index is 5.84. The molecule has 1 aromatic heterocycles. The normalized spacial score (nSPS) is 12.2. The topological polar surface area (TPSA) is 60.2 Å². The highest BCUT2D eigenvalue weighted by Gasteiger charge is 2.11. The zero-order chi connectivity index (χ0) is 13.1. The summed E-state index contributed by atoms with van der Waals surface area (Å²) in [6, 6.07) is 6.01. The summed E-state index contributed by atoms with van der Waals surface area (Å²) >= 11 is 5.84. The molecule has 0 saturated heterocycles. The monoisotopic (exact) mass is 267 g/mol. The average Bonchev–Trinajstić information content (AvgIpc) is 2.78. The maximum atomic E-state index is 5.84. The Labute approximate surface area is 110 Å². The number of ether oxygens (including phenoxy) is 1. The van der Waals surface area contributed by atoms with E-state index in [1.807, 2.05) is 25.1 Å². The minimum Gasteiger partial charge on any atom is -0.496 e. The predicted molar refractivity (Wildman–Crippen MR) is 69.6 cm³/mol. The minimum absolute atomic E-state index is 0.300. The minimum atomic E-state index is -0.300. The maximum Gasteiger partial charge on any atom is 0.320 e. The summed E-state index contributed by atoms with van der Waals surface area (Å²) in [6.45, 7) is 3.74. The third kappa shape index (κ3) is 2.73. The molecule has 0 radical (unpaired) electrons. The summed E-state index contributed by atoms with van der Waals surface area (Å²) in [4.78, 5) is 0. The van der Waals surface area contributed by atoms with Gasteiger partial charge in [-0.15, -0.1) is 16.7 Å². The lowest BCUT2D eigenvalue weighted by Gasteiger charge is -2.07. The molecule has 0 saturated carbocycles. The lowest BCUT2D eigenvalue weighted by Crippen LogP contribution is -1.93. The van der Waals surface area contributed by atoms with Crippen LogP contribution in [0.15, 0.2) is 22.6 Å². The Morgan fingerprint density at radius 2 is 2.17 bits per heavy atom. The van der Waals surface area contributed by atoms with E-state index in [1.54, 1.807) is 14.0 Å². The van der Waals surface area contributed by atoms with Crippen LogP contribution in [-0.2, 0) is 0 Å². The van der Waals surface area contributed by atoms with E-state index in [4.69, 9.17) is 20.8 Å². The number of nitrogens with one attached hydrogen (secondary N) is 1. The molecule has 0 aliphatic heterocycles. The van der Waals surface area contributed by atoms with E-state index in [2.05, 4.69) is 15.5 Å². The van der Waals surface area contributed by atoms with Crippen LogP contribution in [0, 0.1) is 6.92 Å². The molecular weight excluding hydrogens is 254 g/mol. The van der Waals surface area contributed by atoms with Crippen molar-refractivity contribution in [3.63, 3.8) is 0 Å². The molecule has 0 fully saturated rings. The summed E-state index contributed by atoms with van der Waals surface area (Å²) in [5.74, 6) is 1.23. The second-order valence-corrected chi connectivity index (χ2v) is 4.53. The summed E-state index contributed by atoms with van der Waals surface area (Å²) in [5.41, 5.74) is 1.87. The molecule has 1 unspecified atom stereocenters. The van der Waals surface area contributed by atoms with Gasteiger partial charge in [0.2, 0.25) is 5.89 Å². The van der Waals surface area contributed by atoms with Gasteiger partial charge in [0.05, 0.1) is 7.11 Å². The van der Waals surface area contributed by atoms with Gasteiger partial charge in [-0.1, -0.05) is 5.10 Å². The third-order valence-corrected chi connectivity index (χ3v) is 2.61. The number of halogens is 1. The van der Waals surface area contributed by atoms with Gasteiger partial charge in [-0.3, -0.25) is 0 Å². The van der Waals surface area contributed by atoms with E-state index in [1.165, 1.54) is 0 Å². The first-order valence-corrected chi connectivity index (χ1v) is 5.93. The molecule has 0 aliphatic rings. The Bertz CT molecular complexity index is 540. The standard InChI is InChI=1S/C12H14ClN3O2/c1-7-6-9(4-5-10(7)17-3)14-12-16-15-11(18-12)8(2)13/h4-6,8H,1-3H3,(H,14,16). The van der Waals surface area contributed by atoms with Crippen molar-refractivity contribution in [2.45, 2.75) is 19.2 Å². The number of hydrogen-bond donors (Lipinski definition) is 1. The molecule has 18 heavy (non-hydrogen) atoms. The number of alkyl halides is 1. The van der Waals surface area contributed by atoms with Gasteiger partial charge in [0.1, 0.15) is 11.1 Å². The third-order valence-electron chi connectivity index (χ3n) is 2.43. The zero-order valence-electron chi connectivity index (χ0n) is 10.4. The largest absolute Gasteiger partial charge is 0.496 e. The highest BCUT2D eigenvalue weighted by atomic mass is 35.5. The summed E-state index contributed by atoms with van der Waals surface area (Å²) in [6.07, 6.45) is 0. The van der Waals surface area contributed by atoms with Gasteiger partial charge in [0.25, 0.3) is 0 Å². The van der Waals surface area contributed by atoms with E-state index in [0.717, 1.165) is 17.0 Å². The van der Waals surface area contributed by atoms with Gasteiger partial charge in [-0.05, 0) is 37.6 Å². The van der Waals surface area contributed by atoms with Crippen molar-refractivity contribution >= 4 is 23.3 Å².